The largest absolute Gasteiger partial charge is 0.368 e. The van der Waals surface area contributed by atoms with Gasteiger partial charge in [-0.3, -0.25) is 9.59 Å². The Hall–Kier alpha value is -2.90. The van der Waals surface area contributed by atoms with Crippen molar-refractivity contribution in [1.82, 2.24) is 10.3 Å². The summed E-state index contributed by atoms with van der Waals surface area (Å²) in [4.78, 5) is 26.3. The van der Waals surface area contributed by atoms with Crippen molar-refractivity contribution >= 4 is 23.2 Å². The van der Waals surface area contributed by atoms with E-state index >= 15 is 0 Å². The van der Waals surface area contributed by atoms with Crippen molar-refractivity contribution < 1.29 is 14.2 Å². The van der Waals surface area contributed by atoms with Crippen LogP contribution >= 0.6 is 0 Å². The van der Waals surface area contributed by atoms with Crippen LogP contribution < -0.4 is 16.0 Å². The van der Waals surface area contributed by atoms with Crippen LogP contribution in [0.15, 0.2) is 22.8 Å². The minimum Gasteiger partial charge on any atom is -0.368 e. The molecule has 1 saturated heterocycles. The lowest BCUT2D eigenvalue weighted by Crippen LogP contribution is -2.38. The van der Waals surface area contributed by atoms with E-state index < -0.39 is 11.8 Å². The Bertz CT molecular complexity index is 801. The Morgan fingerprint density at radius 3 is 2.76 bits per heavy atom. The molecule has 0 spiro atoms. The molecule has 1 fully saturated rings. The van der Waals surface area contributed by atoms with E-state index in [0.29, 0.717) is 23.0 Å². The molecule has 3 N–H and O–H groups in total. The molecule has 1 aliphatic heterocycles. The maximum absolute atomic E-state index is 12.2. The molecule has 8 heteroatoms. The predicted octanol–water partition coefficient (Wildman–Crippen LogP) is 2.11. The van der Waals surface area contributed by atoms with Crippen molar-refractivity contribution in [1.29, 1.82) is 0 Å². The predicted molar refractivity (Wildman–Crippen MR) is 92.6 cm³/mol. The number of carbonyl (C=O) groups excluding carboxylic acids is 2. The number of aryl methyl sites for hydroxylation is 1. The normalized spacial score (nSPS) is 17.4. The van der Waals surface area contributed by atoms with E-state index in [1.165, 1.54) is 6.42 Å². The van der Waals surface area contributed by atoms with E-state index in [0.717, 1.165) is 25.1 Å². The first-order chi connectivity index (χ1) is 12.0. The minimum absolute atomic E-state index is 0.106. The van der Waals surface area contributed by atoms with Gasteiger partial charge in [0.15, 0.2) is 5.69 Å². The van der Waals surface area contributed by atoms with Gasteiger partial charge in [-0.25, -0.2) is 4.63 Å². The summed E-state index contributed by atoms with van der Waals surface area (Å²) >= 11 is 0. The third-order valence-electron chi connectivity index (χ3n) is 4.50. The molecule has 8 nitrogen and oxygen atoms in total. The molecule has 0 aliphatic carbocycles. The zero-order valence-corrected chi connectivity index (χ0v) is 14.3. The summed E-state index contributed by atoms with van der Waals surface area (Å²) in [7, 11) is 0. The van der Waals surface area contributed by atoms with E-state index in [-0.39, 0.29) is 5.69 Å². The molecule has 1 atom stereocenters. The average molecular weight is 343 g/mol. The Morgan fingerprint density at radius 1 is 1.32 bits per heavy atom. The first kappa shape index (κ1) is 16.9. The zero-order chi connectivity index (χ0) is 18.0. The average Bonchev–Trinajstić information content (AvgIpc) is 3.01. The molecule has 0 saturated carbocycles. The van der Waals surface area contributed by atoms with Gasteiger partial charge in [-0.05, 0) is 56.5 Å². The van der Waals surface area contributed by atoms with Crippen molar-refractivity contribution in [2.45, 2.75) is 39.2 Å². The van der Waals surface area contributed by atoms with Crippen LogP contribution in [-0.2, 0) is 0 Å². The van der Waals surface area contributed by atoms with E-state index in [1.54, 1.807) is 19.1 Å². The van der Waals surface area contributed by atoms with E-state index in [4.69, 9.17) is 5.73 Å². The van der Waals surface area contributed by atoms with Gasteiger partial charge in [-0.1, -0.05) is 5.16 Å². The van der Waals surface area contributed by atoms with Gasteiger partial charge in [0.25, 0.3) is 11.8 Å². The fourth-order valence-corrected chi connectivity index (χ4v) is 3.15. The summed E-state index contributed by atoms with van der Waals surface area (Å²) in [5.74, 6) is -0.976. The fourth-order valence-electron chi connectivity index (χ4n) is 3.15. The van der Waals surface area contributed by atoms with Gasteiger partial charge in [0.2, 0.25) is 0 Å². The van der Waals surface area contributed by atoms with Gasteiger partial charge < -0.3 is 16.0 Å². The number of amides is 2. The van der Waals surface area contributed by atoms with Crippen LogP contribution in [0.2, 0.25) is 0 Å². The van der Waals surface area contributed by atoms with Crippen molar-refractivity contribution in [2.24, 2.45) is 5.73 Å². The number of primary amides is 1. The van der Waals surface area contributed by atoms with Crippen molar-refractivity contribution in [2.75, 3.05) is 16.8 Å². The maximum atomic E-state index is 12.2. The SMILES string of the molecule is Cc1nonc1C(=O)Nc1ccc(N2CCCCC2C)c(C(N)=O)c1. The number of nitrogens with two attached hydrogens (primary N) is 1. The summed E-state index contributed by atoms with van der Waals surface area (Å²) < 4.78 is 4.53. The third kappa shape index (κ3) is 3.47. The van der Waals surface area contributed by atoms with E-state index in [9.17, 15) is 9.59 Å². The number of carbonyl (C=O) groups is 2. The fraction of sp³-hybridized carbons (Fsp3) is 0.412. The summed E-state index contributed by atoms with van der Waals surface area (Å²) in [5.41, 5.74) is 7.73. The summed E-state index contributed by atoms with van der Waals surface area (Å²) in [6.07, 6.45) is 3.34. The number of hydrogen-bond donors (Lipinski definition) is 2. The number of piperidine rings is 1. The molecule has 1 aliphatic rings. The third-order valence-corrected chi connectivity index (χ3v) is 4.50. The highest BCUT2D eigenvalue weighted by Crippen LogP contribution is 2.30. The Kier molecular flexibility index (Phi) is 4.69. The van der Waals surface area contributed by atoms with Gasteiger partial charge >= 0.3 is 0 Å². The molecule has 0 radical (unpaired) electrons. The molecule has 0 bridgehead atoms. The lowest BCUT2D eigenvalue weighted by Gasteiger charge is -2.36. The standard InChI is InChI=1S/C17H21N5O3/c1-10-5-3-4-8-22(10)14-7-6-12(9-13(14)16(18)23)19-17(24)15-11(2)20-25-21-15/h6-7,9-10H,3-5,8H2,1-2H3,(H2,18,23)(H,19,24). The first-order valence-corrected chi connectivity index (χ1v) is 8.28. The van der Waals surface area contributed by atoms with Gasteiger partial charge in [-0.2, -0.15) is 0 Å². The van der Waals surface area contributed by atoms with Crippen LogP contribution in [0.4, 0.5) is 11.4 Å². The van der Waals surface area contributed by atoms with Gasteiger partial charge in [0.1, 0.15) is 5.69 Å². The quantitative estimate of drug-likeness (QED) is 0.878. The molecule has 3 rings (SSSR count). The molecule has 2 heterocycles. The molecular formula is C17H21N5O3. The smallest absolute Gasteiger partial charge is 0.279 e. The molecule has 25 heavy (non-hydrogen) atoms. The Labute approximate surface area is 145 Å². The van der Waals surface area contributed by atoms with Crippen LogP contribution in [0.5, 0.6) is 0 Å². The monoisotopic (exact) mass is 343 g/mol. The second kappa shape index (κ2) is 6.92. The van der Waals surface area contributed by atoms with Crippen molar-refractivity contribution in [3.8, 4) is 0 Å². The number of hydrogen-bond acceptors (Lipinski definition) is 6. The van der Waals surface area contributed by atoms with Crippen LogP contribution in [0.1, 0.15) is 52.7 Å². The van der Waals surface area contributed by atoms with Crippen molar-refractivity contribution in [3.05, 3.63) is 35.2 Å². The summed E-state index contributed by atoms with van der Waals surface area (Å²) in [6.45, 7) is 4.65. The number of nitrogens with zero attached hydrogens (tertiary/aromatic N) is 3. The Morgan fingerprint density at radius 2 is 2.12 bits per heavy atom. The topological polar surface area (TPSA) is 114 Å². The first-order valence-electron chi connectivity index (χ1n) is 8.28. The van der Waals surface area contributed by atoms with Gasteiger partial charge in [0.05, 0.1) is 5.56 Å². The summed E-state index contributed by atoms with van der Waals surface area (Å²) in [5, 5.41) is 9.85. The van der Waals surface area contributed by atoms with E-state index in [2.05, 4.69) is 32.1 Å². The van der Waals surface area contributed by atoms with Crippen LogP contribution in [-0.4, -0.2) is 34.7 Å². The van der Waals surface area contributed by atoms with Crippen LogP contribution in [0, 0.1) is 6.92 Å². The number of aromatic nitrogens is 2. The van der Waals surface area contributed by atoms with Gasteiger partial charge in [-0.15, -0.1) is 0 Å². The molecule has 132 valence electrons. The van der Waals surface area contributed by atoms with Crippen LogP contribution in [0.25, 0.3) is 0 Å². The molecule has 1 aromatic heterocycles. The maximum Gasteiger partial charge on any atom is 0.279 e. The molecule has 1 unspecified atom stereocenters. The van der Waals surface area contributed by atoms with E-state index in [1.807, 2.05) is 6.07 Å². The molecular weight excluding hydrogens is 322 g/mol. The Balaban J connectivity index is 1.87. The zero-order valence-electron chi connectivity index (χ0n) is 14.3. The van der Waals surface area contributed by atoms with Gasteiger partial charge in [0, 0.05) is 24.0 Å². The second-order valence-electron chi connectivity index (χ2n) is 6.29. The number of nitrogens with one attached hydrogen (secondary N) is 1. The summed E-state index contributed by atoms with van der Waals surface area (Å²) in [6, 6.07) is 5.52. The molecule has 2 amide bonds. The lowest BCUT2D eigenvalue weighted by atomic mass is 10.0. The van der Waals surface area contributed by atoms with Crippen molar-refractivity contribution in [3.63, 3.8) is 0 Å². The number of anilines is 2. The minimum atomic E-state index is -0.525. The lowest BCUT2D eigenvalue weighted by molar-refractivity contribution is 0.0994. The second-order valence-corrected chi connectivity index (χ2v) is 6.29. The highest BCUT2D eigenvalue weighted by molar-refractivity contribution is 6.05. The highest BCUT2D eigenvalue weighted by Gasteiger charge is 2.23. The number of benzene rings is 1. The highest BCUT2D eigenvalue weighted by atomic mass is 16.6. The molecule has 2 aromatic rings. The number of rotatable bonds is 4. The molecule has 1 aromatic carbocycles. The van der Waals surface area contributed by atoms with Crippen LogP contribution in [0.3, 0.4) is 0 Å².